The number of carbonyl (C=O) groups is 3. The van der Waals surface area contributed by atoms with E-state index < -0.39 is 0 Å². The zero-order valence-corrected chi connectivity index (χ0v) is 23.3. The van der Waals surface area contributed by atoms with E-state index in [4.69, 9.17) is 20.7 Å². The zero-order valence-electron chi connectivity index (χ0n) is 21.4. The van der Waals surface area contributed by atoms with Crippen LogP contribution in [0.2, 0.25) is 0 Å². The predicted molar refractivity (Wildman–Crippen MR) is 139 cm³/mol. The van der Waals surface area contributed by atoms with Crippen LogP contribution in [0.15, 0.2) is 23.3 Å². The van der Waals surface area contributed by atoms with Crippen LogP contribution in [0.3, 0.4) is 0 Å². The van der Waals surface area contributed by atoms with Gasteiger partial charge < -0.3 is 26.7 Å². The first-order valence-corrected chi connectivity index (χ1v) is 9.85. The Labute approximate surface area is 231 Å². The number of ether oxygens (including phenoxy) is 3. The largest absolute Gasteiger partial charge is 2.00 e. The minimum absolute atomic E-state index is 0. The smallest absolute Gasteiger partial charge is 0.566 e. The molecule has 2 saturated heterocycles. The summed E-state index contributed by atoms with van der Waals surface area (Å²) < 4.78 is 20.4. The fourth-order valence-electron chi connectivity index (χ4n) is 2.66. The van der Waals surface area contributed by atoms with Gasteiger partial charge in [-0.15, -0.1) is 0 Å². The maximum Gasteiger partial charge on any atom is 2.00 e. The van der Waals surface area contributed by atoms with Crippen molar-refractivity contribution in [1.29, 1.82) is 0 Å². The van der Waals surface area contributed by atoms with Gasteiger partial charge in [0, 0.05) is 42.7 Å². The summed E-state index contributed by atoms with van der Waals surface area (Å²) in [5.74, 6) is -0.577. The molecule has 1 N–H and O–H groups in total. The molecule has 0 saturated carbocycles. The van der Waals surface area contributed by atoms with E-state index in [2.05, 4.69) is 20.9 Å². The van der Waals surface area contributed by atoms with Crippen molar-refractivity contribution in [2.45, 2.75) is 75.8 Å². The molecule has 0 aromatic heterocycles. The zero-order chi connectivity index (χ0) is 25.5. The van der Waals surface area contributed by atoms with Gasteiger partial charge in [-0.2, -0.15) is 6.92 Å². The second-order valence-electron chi connectivity index (χ2n) is 7.66. The summed E-state index contributed by atoms with van der Waals surface area (Å²) in [7, 11) is 5.72. The molecule has 1 atom stereocenters. The first-order chi connectivity index (χ1) is 15.0. The normalized spacial score (nSPS) is 18.7. The number of amides is 2. The molecule has 2 fully saturated rings. The second-order valence-corrected chi connectivity index (χ2v) is 7.66. The number of rotatable bonds is 3. The van der Waals surface area contributed by atoms with Gasteiger partial charge in [-0.05, 0) is 20.3 Å². The fourth-order valence-corrected chi connectivity index (χ4v) is 2.66. The van der Waals surface area contributed by atoms with Gasteiger partial charge in [0.15, 0.2) is 0 Å². The fraction of sp³-hybridized carbons (Fsp3) is 0.654. The predicted octanol–water partition coefficient (Wildman–Crippen LogP) is 5.16. The molecular weight excluding hydrogens is 622 g/mol. The Morgan fingerprint density at radius 1 is 1.20 bits per heavy atom. The number of imide groups is 1. The van der Waals surface area contributed by atoms with Crippen LogP contribution >= 0.6 is 0 Å². The summed E-state index contributed by atoms with van der Waals surface area (Å²) in [6.07, 6.45) is 1.71. The topological polar surface area (TPSA) is 102 Å². The number of hydrogen-bond acceptors (Lipinski definition) is 7. The third kappa shape index (κ3) is 15.4. The average molecular weight is 675 g/mol. The SMILES string of the molecule is C.C.C.C=C1CC(CC)OC1=O.CC1=C(C)C(=O)N(C)C1=O.COCC1(C)COC1.C[CH-]O.[2H][CH2-].[W+2]. The van der Waals surface area contributed by atoms with Crippen molar-refractivity contribution in [3.63, 3.8) is 0 Å². The first-order valence-electron chi connectivity index (χ1n) is 10.6. The van der Waals surface area contributed by atoms with E-state index in [9.17, 15) is 14.4 Å². The van der Waals surface area contributed by atoms with Crippen LogP contribution in [0, 0.1) is 19.4 Å². The number of carbonyl (C=O) groups excluding carboxylic acids is 3. The minimum atomic E-state index is -0.221. The number of esters is 1. The molecule has 208 valence electrons. The summed E-state index contributed by atoms with van der Waals surface area (Å²) in [6, 6.07) is 0. The monoisotopic (exact) mass is 674 g/mol. The number of hydrogen-bond donors (Lipinski definition) is 1. The number of likely N-dealkylation sites (N-methyl/N-ethyl adjacent to an activating group) is 1. The van der Waals surface area contributed by atoms with Gasteiger partial charge in [0.1, 0.15) is 6.10 Å². The number of aliphatic hydroxyl groups is 1. The molecule has 8 nitrogen and oxygen atoms in total. The molecule has 3 rings (SSSR count). The quantitative estimate of drug-likeness (QED) is 0.191. The van der Waals surface area contributed by atoms with Gasteiger partial charge >= 0.3 is 27.0 Å². The van der Waals surface area contributed by atoms with E-state index in [0.29, 0.717) is 22.1 Å². The van der Waals surface area contributed by atoms with Gasteiger partial charge in [-0.25, -0.2) is 12.8 Å². The third-order valence-corrected chi connectivity index (χ3v) is 4.70. The molecule has 35 heavy (non-hydrogen) atoms. The van der Waals surface area contributed by atoms with Crippen molar-refractivity contribution < 1.29 is 56.1 Å². The molecule has 0 aromatic rings. The van der Waals surface area contributed by atoms with Crippen LogP contribution in [0.4, 0.5) is 0 Å². The van der Waals surface area contributed by atoms with Gasteiger partial charge in [0.05, 0.1) is 19.8 Å². The summed E-state index contributed by atoms with van der Waals surface area (Å²) in [6.45, 7) is 16.2. The molecule has 9 heteroatoms. The van der Waals surface area contributed by atoms with E-state index in [0.717, 1.165) is 44.2 Å². The van der Waals surface area contributed by atoms with E-state index in [-0.39, 0.29) is 67.2 Å². The minimum Gasteiger partial charge on any atom is -0.566 e. The van der Waals surface area contributed by atoms with Crippen LogP contribution in [-0.2, 0) is 49.7 Å². The Bertz CT molecular complexity index is 625. The Balaban J connectivity index is -0.0000000820. The van der Waals surface area contributed by atoms with Crippen molar-refractivity contribution in [2.24, 2.45) is 5.41 Å². The summed E-state index contributed by atoms with van der Waals surface area (Å²) in [5.41, 5.74) is 2.07. The first kappa shape index (κ1) is 43.7. The summed E-state index contributed by atoms with van der Waals surface area (Å²) in [5, 5.41) is 7.44. The molecule has 3 aliphatic heterocycles. The third-order valence-electron chi connectivity index (χ3n) is 4.70. The van der Waals surface area contributed by atoms with Crippen LogP contribution in [0.1, 0.15) is 71.1 Å². The Morgan fingerprint density at radius 2 is 1.60 bits per heavy atom. The Kier molecular flexibility index (Phi) is 28.8. The number of methoxy groups -OCH3 is 1. The van der Waals surface area contributed by atoms with Crippen molar-refractivity contribution >= 4 is 17.8 Å². The molecule has 2 amide bonds. The molecule has 0 bridgehead atoms. The number of cyclic esters (lactones) is 1. The summed E-state index contributed by atoms with van der Waals surface area (Å²) >= 11 is 0. The Morgan fingerprint density at radius 3 is 1.71 bits per heavy atom. The molecule has 0 spiro atoms. The number of nitrogens with zero attached hydrogens (tertiary/aromatic N) is 1. The summed E-state index contributed by atoms with van der Waals surface area (Å²) in [4.78, 5) is 33.7. The average Bonchev–Trinajstić information content (AvgIpc) is 3.17. The van der Waals surface area contributed by atoms with Gasteiger partial charge in [0.25, 0.3) is 11.8 Å². The van der Waals surface area contributed by atoms with Crippen molar-refractivity contribution in [1.82, 2.24) is 4.90 Å². The molecule has 0 aliphatic carbocycles. The van der Waals surface area contributed by atoms with Crippen molar-refractivity contribution in [3.05, 3.63) is 37.3 Å². The van der Waals surface area contributed by atoms with Crippen LogP contribution in [-0.4, -0.2) is 67.9 Å². The van der Waals surface area contributed by atoms with Crippen LogP contribution in [0.25, 0.3) is 0 Å². The van der Waals surface area contributed by atoms with Crippen molar-refractivity contribution in [2.75, 3.05) is 34.0 Å². The molecule has 0 radical (unpaired) electrons. The van der Waals surface area contributed by atoms with Gasteiger partial charge in [0.2, 0.25) is 0 Å². The van der Waals surface area contributed by atoms with Crippen LogP contribution < -0.4 is 0 Å². The second kappa shape index (κ2) is 23.1. The van der Waals surface area contributed by atoms with E-state index in [1.54, 1.807) is 27.9 Å². The van der Waals surface area contributed by atoms with E-state index >= 15 is 0 Å². The molecule has 1 unspecified atom stereocenters. The maximum atomic E-state index is 11.0. The standard InChI is InChI=1S/C7H9NO2.C7H10O2.C6H12O2.C2H5O.3CH4.CH3.W/c1-4-5(2)7(10)8(3)6(4)9;1-3-6-4-5(2)7(8)9-6;1-6(3-7-2)4-8-5-6;1-2-3;;;;;/h1-3H3;6H,2-4H2,1H3;3-5H2,1-2H3;2-3H,1H3;3*1H4;1H3;/q;;;-1;;;;-1;+2/i;;;;;;;1D;. The maximum absolute atomic E-state index is 11.0. The molecule has 3 heterocycles. The molecule has 3 aliphatic rings. The number of aliphatic hydroxyl groups excluding tert-OH is 1. The van der Waals surface area contributed by atoms with Crippen LogP contribution in [0.5, 0.6) is 0 Å². The van der Waals surface area contributed by atoms with E-state index in [1.165, 1.54) is 7.05 Å². The van der Waals surface area contributed by atoms with Crippen molar-refractivity contribution in [3.8, 4) is 0 Å². The molecule has 0 aromatic carbocycles. The van der Waals surface area contributed by atoms with Gasteiger partial charge in [-0.3, -0.25) is 14.5 Å². The Hall–Kier alpha value is -1.34. The molecular formula is C26H51NO7W. The van der Waals surface area contributed by atoms with Gasteiger partial charge in [-0.1, -0.05) is 42.7 Å². The van der Waals surface area contributed by atoms with E-state index in [1.807, 2.05) is 6.92 Å².